The molecular formula is C16H15NO2. The summed E-state index contributed by atoms with van der Waals surface area (Å²) >= 11 is 0. The number of ether oxygens (including phenoxy) is 1. The van der Waals surface area contributed by atoms with Crippen LogP contribution in [0.25, 0.3) is 0 Å². The standard InChI is InChI=1S/C16H15NO2/c18-16-10-11-17(16)14-8-6-13(7-9-14)12-19-15-4-2-1-3-5-15/h1-9H,10-12H2. The third-order valence-electron chi connectivity index (χ3n) is 3.25. The Morgan fingerprint density at radius 3 is 2.32 bits per heavy atom. The molecule has 2 aromatic rings. The van der Waals surface area contributed by atoms with Crippen LogP contribution >= 0.6 is 0 Å². The molecule has 3 nitrogen and oxygen atoms in total. The summed E-state index contributed by atoms with van der Waals surface area (Å²) in [4.78, 5) is 13.1. The van der Waals surface area contributed by atoms with Crippen molar-refractivity contribution in [3.05, 3.63) is 60.2 Å². The number of para-hydroxylation sites is 1. The minimum atomic E-state index is 0.202. The molecular weight excluding hydrogens is 238 g/mol. The van der Waals surface area contributed by atoms with E-state index in [9.17, 15) is 4.79 Å². The summed E-state index contributed by atoms with van der Waals surface area (Å²) in [6, 6.07) is 17.7. The van der Waals surface area contributed by atoms with Crippen LogP contribution in [0.4, 0.5) is 5.69 Å². The highest BCUT2D eigenvalue weighted by molar-refractivity contribution is 5.99. The molecule has 96 valence electrons. The molecule has 0 N–H and O–H groups in total. The first-order chi connectivity index (χ1) is 9.33. The van der Waals surface area contributed by atoms with Gasteiger partial charge in [-0.3, -0.25) is 4.79 Å². The van der Waals surface area contributed by atoms with Crippen molar-refractivity contribution in [2.45, 2.75) is 13.0 Å². The van der Waals surface area contributed by atoms with E-state index in [1.807, 2.05) is 54.6 Å². The van der Waals surface area contributed by atoms with Gasteiger partial charge in [-0.2, -0.15) is 0 Å². The first-order valence-corrected chi connectivity index (χ1v) is 6.40. The second-order valence-corrected chi connectivity index (χ2v) is 4.56. The molecule has 1 aliphatic rings. The van der Waals surface area contributed by atoms with Crippen molar-refractivity contribution in [1.29, 1.82) is 0 Å². The molecule has 0 atom stereocenters. The number of anilines is 1. The fourth-order valence-electron chi connectivity index (χ4n) is 2.04. The topological polar surface area (TPSA) is 29.5 Å². The fraction of sp³-hybridized carbons (Fsp3) is 0.188. The van der Waals surface area contributed by atoms with E-state index >= 15 is 0 Å². The van der Waals surface area contributed by atoms with Crippen LogP contribution in [0.1, 0.15) is 12.0 Å². The van der Waals surface area contributed by atoms with Crippen molar-refractivity contribution in [2.24, 2.45) is 0 Å². The van der Waals surface area contributed by atoms with Crippen LogP contribution in [0, 0.1) is 0 Å². The quantitative estimate of drug-likeness (QED) is 0.784. The van der Waals surface area contributed by atoms with Crippen molar-refractivity contribution in [3.8, 4) is 5.75 Å². The van der Waals surface area contributed by atoms with E-state index in [-0.39, 0.29) is 5.91 Å². The molecule has 0 bridgehead atoms. The number of rotatable bonds is 4. The van der Waals surface area contributed by atoms with Crippen LogP contribution in [0.3, 0.4) is 0 Å². The molecule has 1 heterocycles. The summed E-state index contributed by atoms with van der Waals surface area (Å²) in [5, 5.41) is 0. The normalized spacial score (nSPS) is 14.1. The summed E-state index contributed by atoms with van der Waals surface area (Å²) in [6.45, 7) is 1.37. The van der Waals surface area contributed by atoms with Gasteiger partial charge in [0.25, 0.3) is 0 Å². The van der Waals surface area contributed by atoms with Gasteiger partial charge >= 0.3 is 0 Å². The van der Waals surface area contributed by atoms with Crippen LogP contribution in [0.5, 0.6) is 5.75 Å². The van der Waals surface area contributed by atoms with Crippen LogP contribution in [0.2, 0.25) is 0 Å². The molecule has 1 aliphatic heterocycles. The Morgan fingerprint density at radius 1 is 1.00 bits per heavy atom. The van der Waals surface area contributed by atoms with E-state index < -0.39 is 0 Å². The molecule has 0 spiro atoms. The summed E-state index contributed by atoms with van der Waals surface area (Å²) < 4.78 is 5.67. The van der Waals surface area contributed by atoms with Crippen LogP contribution < -0.4 is 9.64 Å². The number of carbonyl (C=O) groups is 1. The van der Waals surface area contributed by atoms with E-state index in [4.69, 9.17) is 4.74 Å². The average Bonchev–Trinajstić information content (AvgIpc) is 2.46. The van der Waals surface area contributed by atoms with E-state index in [2.05, 4.69) is 0 Å². The summed E-state index contributed by atoms with van der Waals surface area (Å²) in [7, 11) is 0. The van der Waals surface area contributed by atoms with Crippen molar-refractivity contribution in [3.63, 3.8) is 0 Å². The number of β-lactam (4-membered cyclic amide) rings is 1. The zero-order valence-electron chi connectivity index (χ0n) is 10.6. The van der Waals surface area contributed by atoms with E-state index in [0.29, 0.717) is 13.0 Å². The lowest BCUT2D eigenvalue weighted by Gasteiger charge is -2.30. The zero-order chi connectivity index (χ0) is 13.1. The van der Waals surface area contributed by atoms with Crippen LogP contribution in [0.15, 0.2) is 54.6 Å². The highest BCUT2D eigenvalue weighted by Crippen LogP contribution is 2.22. The maximum atomic E-state index is 11.3. The Labute approximate surface area is 112 Å². The Morgan fingerprint density at radius 2 is 1.74 bits per heavy atom. The van der Waals surface area contributed by atoms with E-state index in [1.54, 1.807) is 4.90 Å². The van der Waals surface area contributed by atoms with Crippen LogP contribution in [-0.2, 0) is 11.4 Å². The SMILES string of the molecule is O=C1CCN1c1ccc(COc2ccccc2)cc1. The van der Waals surface area contributed by atoms with E-state index in [0.717, 1.165) is 23.5 Å². The second kappa shape index (κ2) is 5.14. The summed E-state index contributed by atoms with van der Waals surface area (Å²) in [5.41, 5.74) is 2.07. The highest BCUT2D eigenvalue weighted by Gasteiger charge is 2.24. The number of hydrogen-bond acceptors (Lipinski definition) is 2. The molecule has 0 unspecified atom stereocenters. The Balaban J connectivity index is 1.61. The smallest absolute Gasteiger partial charge is 0.228 e. The monoisotopic (exact) mass is 253 g/mol. The predicted octanol–water partition coefficient (Wildman–Crippen LogP) is 3.00. The molecule has 0 radical (unpaired) electrons. The molecule has 0 saturated carbocycles. The van der Waals surface area contributed by atoms with Gasteiger partial charge in [-0.15, -0.1) is 0 Å². The van der Waals surface area contributed by atoms with Gasteiger partial charge in [-0.1, -0.05) is 30.3 Å². The Hall–Kier alpha value is -2.29. The molecule has 19 heavy (non-hydrogen) atoms. The summed E-state index contributed by atoms with van der Waals surface area (Å²) in [6.07, 6.45) is 0.666. The largest absolute Gasteiger partial charge is 0.489 e. The number of carbonyl (C=O) groups excluding carboxylic acids is 1. The van der Waals surface area contributed by atoms with Crippen molar-refractivity contribution < 1.29 is 9.53 Å². The Bertz CT molecular complexity index is 563. The molecule has 2 aromatic carbocycles. The van der Waals surface area contributed by atoms with Crippen LogP contribution in [-0.4, -0.2) is 12.5 Å². The van der Waals surface area contributed by atoms with Crippen molar-refractivity contribution >= 4 is 11.6 Å². The number of nitrogens with zero attached hydrogens (tertiary/aromatic N) is 1. The van der Waals surface area contributed by atoms with Crippen molar-refractivity contribution in [1.82, 2.24) is 0 Å². The number of hydrogen-bond donors (Lipinski definition) is 0. The minimum absolute atomic E-state index is 0.202. The minimum Gasteiger partial charge on any atom is -0.489 e. The van der Waals surface area contributed by atoms with E-state index in [1.165, 1.54) is 0 Å². The molecule has 3 rings (SSSR count). The number of benzene rings is 2. The third-order valence-corrected chi connectivity index (χ3v) is 3.25. The molecule has 1 fully saturated rings. The zero-order valence-corrected chi connectivity index (χ0v) is 10.6. The lowest BCUT2D eigenvalue weighted by atomic mass is 10.1. The summed E-state index contributed by atoms with van der Waals surface area (Å²) in [5.74, 6) is 1.07. The highest BCUT2D eigenvalue weighted by atomic mass is 16.5. The predicted molar refractivity (Wildman–Crippen MR) is 74.2 cm³/mol. The molecule has 0 aromatic heterocycles. The van der Waals surface area contributed by atoms with Gasteiger partial charge in [0.15, 0.2) is 0 Å². The molecule has 0 aliphatic carbocycles. The molecule has 1 saturated heterocycles. The lowest BCUT2D eigenvalue weighted by Crippen LogP contribution is -2.43. The van der Waals surface area contributed by atoms with Gasteiger partial charge < -0.3 is 9.64 Å². The fourth-order valence-corrected chi connectivity index (χ4v) is 2.04. The first kappa shape index (κ1) is 11.8. The first-order valence-electron chi connectivity index (χ1n) is 6.40. The maximum Gasteiger partial charge on any atom is 0.228 e. The number of amides is 1. The van der Waals surface area contributed by atoms with Gasteiger partial charge in [0, 0.05) is 18.7 Å². The molecule has 3 heteroatoms. The van der Waals surface area contributed by atoms with Gasteiger partial charge in [0.1, 0.15) is 12.4 Å². The van der Waals surface area contributed by atoms with Crippen molar-refractivity contribution in [2.75, 3.05) is 11.4 Å². The van der Waals surface area contributed by atoms with Gasteiger partial charge in [-0.05, 0) is 29.8 Å². The third kappa shape index (κ3) is 2.60. The Kier molecular flexibility index (Phi) is 3.19. The van der Waals surface area contributed by atoms with Gasteiger partial charge in [-0.25, -0.2) is 0 Å². The average molecular weight is 253 g/mol. The van der Waals surface area contributed by atoms with Gasteiger partial charge in [0.2, 0.25) is 5.91 Å². The lowest BCUT2D eigenvalue weighted by molar-refractivity contribution is -0.122. The maximum absolute atomic E-state index is 11.3. The van der Waals surface area contributed by atoms with Gasteiger partial charge in [0.05, 0.1) is 0 Å². The molecule has 1 amide bonds. The second-order valence-electron chi connectivity index (χ2n) is 4.56.